The number of amides is 2. The van der Waals surface area contributed by atoms with Crippen LogP contribution in [0.1, 0.15) is 27.7 Å². The molecule has 0 spiro atoms. The zero-order valence-corrected chi connectivity index (χ0v) is 14.4. The molecule has 0 aliphatic rings. The van der Waals surface area contributed by atoms with Crippen molar-refractivity contribution in [1.29, 1.82) is 0 Å². The molecule has 0 aromatic carbocycles. The van der Waals surface area contributed by atoms with Gasteiger partial charge in [-0.15, -0.1) is 0 Å². The molecule has 7 heteroatoms. The lowest BCUT2D eigenvalue weighted by atomic mass is 10.2. The average Bonchev–Trinajstić information content (AvgIpc) is 2.67. The van der Waals surface area contributed by atoms with Crippen molar-refractivity contribution in [3.63, 3.8) is 0 Å². The van der Waals surface area contributed by atoms with Crippen molar-refractivity contribution in [2.24, 2.45) is 0 Å². The van der Waals surface area contributed by atoms with Crippen LogP contribution in [0.15, 0.2) is 24.5 Å². The minimum absolute atomic E-state index is 0.249. The number of carbonyl (C=O) groups excluding carboxylic acids is 2. The van der Waals surface area contributed by atoms with E-state index in [4.69, 9.17) is 4.74 Å². The van der Waals surface area contributed by atoms with E-state index >= 15 is 0 Å². The van der Waals surface area contributed by atoms with Crippen LogP contribution in [-0.2, 0) is 9.53 Å². The van der Waals surface area contributed by atoms with Crippen molar-refractivity contribution < 1.29 is 14.3 Å². The highest BCUT2D eigenvalue weighted by Crippen LogP contribution is 2.19. The fraction of sp³-hybridized carbons (Fsp3) is 0.357. The predicted octanol–water partition coefficient (Wildman–Crippen LogP) is 3.23. The van der Waals surface area contributed by atoms with E-state index in [9.17, 15) is 9.59 Å². The Morgan fingerprint density at radius 1 is 1.29 bits per heavy atom. The number of imide groups is 1. The van der Waals surface area contributed by atoms with Crippen LogP contribution in [0.2, 0.25) is 0 Å². The zero-order chi connectivity index (χ0) is 15.8. The fourth-order valence-corrected chi connectivity index (χ4v) is 2.23. The van der Waals surface area contributed by atoms with Gasteiger partial charge in [-0.2, -0.15) is 4.90 Å². The molecular formula is C14H16IN3O3. The predicted molar refractivity (Wildman–Crippen MR) is 87.3 cm³/mol. The Morgan fingerprint density at radius 3 is 2.52 bits per heavy atom. The Morgan fingerprint density at radius 2 is 1.95 bits per heavy atom. The van der Waals surface area contributed by atoms with Crippen LogP contribution in [0.25, 0.3) is 5.65 Å². The first-order valence-electron chi connectivity index (χ1n) is 6.35. The monoisotopic (exact) mass is 401 g/mol. The molecule has 0 bridgehead atoms. The fourth-order valence-electron chi connectivity index (χ4n) is 1.75. The standard InChI is InChI=1S/C14H16IN3O3/c1-9(19)18(13(20)21-14(2,3)4)12-8-17-7-10(15)5-6-11(17)16-12/h5-8H,1-4H3. The molecule has 0 unspecified atom stereocenters. The third kappa shape index (κ3) is 3.72. The topological polar surface area (TPSA) is 63.9 Å². The molecule has 112 valence electrons. The molecular weight excluding hydrogens is 385 g/mol. The average molecular weight is 401 g/mol. The molecule has 0 aliphatic carbocycles. The number of imidazole rings is 1. The van der Waals surface area contributed by atoms with Crippen LogP contribution < -0.4 is 4.90 Å². The van der Waals surface area contributed by atoms with Gasteiger partial charge in [-0.3, -0.25) is 4.79 Å². The highest BCUT2D eigenvalue weighted by Gasteiger charge is 2.28. The summed E-state index contributed by atoms with van der Waals surface area (Å²) in [6, 6.07) is 3.72. The van der Waals surface area contributed by atoms with E-state index in [0.29, 0.717) is 5.65 Å². The van der Waals surface area contributed by atoms with Gasteiger partial charge in [0.15, 0.2) is 5.82 Å². The molecule has 6 nitrogen and oxygen atoms in total. The number of rotatable bonds is 1. The number of halogens is 1. The van der Waals surface area contributed by atoms with E-state index in [1.807, 2.05) is 18.3 Å². The largest absolute Gasteiger partial charge is 0.443 e. The van der Waals surface area contributed by atoms with E-state index in [-0.39, 0.29) is 5.82 Å². The van der Waals surface area contributed by atoms with Gasteiger partial charge in [0, 0.05) is 16.7 Å². The Bertz CT molecular complexity index is 703. The molecule has 21 heavy (non-hydrogen) atoms. The molecule has 0 fully saturated rings. The molecule has 2 rings (SSSR count). The molecule has 0 saturated heterocycles. The van der Waals surface area contributed by atoms with Crippen molar-refractivity contribution in [2.45, 2.75) is 33.3 Å². The van der Waals surface area contributed by atoms with Gasteiger partial charge in [0.25, 0.3) is 0 Å². The summed E-state index contributed by atoms with van der Waals surface area (Å²) >= 11 is 2.18. The number of hydrogen-bond acceptors (Lipinski definition) is 4. The minimum Gasteiger partial charge on any atom is -0.443 e. The van der Waals surface area contributed by atoms with Crippen LogP contribution in [0.4, 0.5) is 10.6 Å². The van der Waals surface area contributed by atoms with Crippen LogP contribution in [0.3, 0.4) is 0 Å². The number of aromatic nitrogens is 2. The van der Waals surface area contributed by atoms with Gasteiger partial charge in [-0.25, -0.2) is 9.78 Å². The molecule has 0 radical (unpaired) electrons. The van der Waals surface area contributed by atoms with Gasteiger partial charge in [-0.05, 0) is 55.5 Å². The third-order valence-electron chi connectivity index (χ3n) is 2.52. The van der Waals surface area contributed by atoms with E-state index in [1.54, 1.807) is 31.4 Å². The van der Waals surface area contributed by atoms with Crippen molar-refractivity contribution in [2.75, 3.05) is 4.90 Å². The lowest BCUT2D eigenvalue weighted by Gasteiger charge is -2.24. The Labute approximate surface area is 136 Å². The summed E-state index contributed by atoms with van der Waals surface area (Å²) in [6.07, 6.45) is 2.76. The first kappa shape index (κ1) is 15.7. The number of fused-ring (bicyclic) bond motifs is 1. The zero-order valence-electron chi connectivity index (χ0n) is 12.3. The Balaban J connectivity index is 2.41. The van der Waals surface area contributed by atoms with Gasteiger partial charge in [0.1, 0.15) is 11.2 Å². The lowest BCUT2D eigenvalue weighted by Crippen LogP contribution is -2.40. The van der Waals surface area contributed by atoms with E-state index in [2.05, 4.69) is 27.6 Å². The number of nitrogens with zero attached hydrogens (tertiary/aromatic N) is 3. The van der Waals surface area contributed by atoms with Crippen LogP contribution in [0, 0.1) is 3.57 Å². The molecule has 0 atom stereocenters. The van der Waals surface area contributed by atoms with Crippen LogP contribution in [-0.4, -0.2) is 27.0 Å². The number of anilines is 1. The summed E-state index contributed by atoms with van der Waals surface area (Å²) < 4.78 is 8.04. The second-order valence-corrected chi connectivity index (χ2v) is 6.79. The lowest BCUT2D eigenvalue weighted by molar-refractivity contribution is -0.116. The summed E-state index contributed by atoms with van der Waals surface area (Å²) in [5.41, 5.74) is -0.0282. The molecule has 2 aromatic heterocycles. The minimum atomic E-state index is -0.729. The van der Waals surface area contributed by atoms with Gasteiger partial charge in [0.2, 0.25) is 5.91 Å². The maximum absolute atomic E-state index is 12.2. The van der Waals surface area contributed by atoms with Crippen molar-refractivity contribution in [3.05, 3.63) is 28.1 Å². The maximum atomic E-state index is 12.2. The quantitative estimate of drug-likeness (QED) is 0.689. The van der Waals surface area contributed by atoms with Gasteiger partial charge >= 0.3 is 6.09 Å². The second-order valence-electron chi connectivity index (χ2n) is 5.55. The van der Waals surface area contributed by atoms with Crippen LogP contribution in [0.5, 0.6) is 0 Å². The number of pyridine rings is 1. The molecule has 0 saturated carbocycles. The SMILES string of the molecule is CC(=O)N(C(=O)OC(C)(C)C)c1cn2cc(I)ccc2n1. The number of ether oxygens (including phenoxy) is 1. The number of hydrogen-bond donors (Lipinski definition) is 0. The van der Waals surface area contributed by atoms with E-state index in [1.165, 1.54) is 6.92 Å². The van der Waals surface area contributed by atoms with Crippen molar-refractivity contribution >= 4 is 46.1 Å². The first-order chi connectivity index (χ1) is 9.67. The summed E-state index contributed by atoms with van der Waals surface area (Å²) in [5.74, 6) is -0.193. The van der Waals surface area contributed by atoms with Gasteiger partial charge < -0.3 is 9.14 Å². The molecule has 0 aliphatic heterocycles. The molecule has 0 N–H and O–H groups in total. The first-order valence-corrected chi connectivity index (χ1v) is 7.43. The van der Waals surface area contributed by atoms with Gasteiger partial charge in [0.05, 0.1) is 6.20 Å². The van der Waals surface area contributed by atoms with Gasteiger partial charge in [-0.1, -0.05) is 0 Å². The molecule has 2 aromatic rings. The third-order valence-corrected chi connectivity index (χ3v) is 3.16. The van der Waals surface area contributed by atoms with Crippen molar-refractivity contribution in [3.8, 4) is 0 Å². The summed E-state index contributed by atoms with van der Waals surface area (Å²) in [4.78, 5) is 29.2. The molecule has 2 heterocycles. The maximum Gasteiger partial charge on any atom is 0.423 e. The highest BCUT2D eigenvalue weighted by atomic mass is 127. The normalized spacial score (nSPS) is 11.5. The highest BCUT2D eigenvalue weighted by molar-refractivity contribution is 14.1. The van der Waals surface area contributed by atoms with E-state index < -0.39 is 17.6 Å². The Hall–Kier alpha value is -1.64. The van der Waals surface area contributed by atoms with Crippen LogP contribution >= 0.6 is 22.6 Å². The second kappa shape index (κ2) is 5.63. The molecule has 2 amide bonds. The summed E-state index contributed by atoms with van der Waals surface area (Å²) in [7, 11) is 0. The summed E-state index contributed by atoms with van der Waals surface area (Å²) in [6.45, 7) is 6.54. The smallest absolute Gasteiger partial charge is 0.423 e. The Kier molecular flexibility index (Phi) is 4.22. The van der Waals surface area contributed by atoms with Crippen molar-refractivity contribution in [1.82, 2.24) is 9.38 Å². The number of carbonyl (C=O) groups is 2. The summed E-state index contributed by atoms with van der Waals surface area (Å²) in [5, 5.41) is 0. The van der Waals surface area contributed by atoms with E-state index in [0.717, 1.165) is 8.47 Å².